The van der Waals surface area contributed by atoms with Crippen molar-refractivity contribution in [2.24, 2.45) is 5.41 Å². The van der Waals surface area contributed by atoms with Gasteiger partial charge in [-0.05, 0) is 0 Å². The molecule has 0 nitrogen and oxygen atoms in total. The van der Waals surface area contributed by atoms with Gasteiger partial charge in [-0.1, -0.05) is 0 Å². The van der Waals surface area contributed by atoms with Crippen molar-refractivity contribution >= 4 is 9.69 Å². The Hall–Kier alpha value is 0.703. The molecule has 2 aliphatic carbocycles. The minimum absolute atomic E-state index is 0.330. The molecule has 0 aromatic heterocycles. The molecule has 2 fully saturated rings. The summed E-state index contributed by atoms with van der Waals surface area (Å²) >= 11 is 0.847. The Kier molecular flexibility index (Phi) is 2.06. The van der Waals surface area contributed by atoms with E-state index in [4.69, 9.17) is 9.69 Å². The van der Waals surface area contributed by atoms with Crippen LogP contribution in [-0.2, 0) is 17.3 Å². The fourth-order valence-corrected chi connectivity index (χ4v) is 0.989. The second kappa shape index (κ2) is 2.35. The molecule has 0 unspecified atom stereocenters. The fourth-order valence-electron chi connectivity index (χ4n) is 0.989. The van der Waals surface area contributed by atoms with E-state index in [0.717, 1.165) is 17.3 Å². The molecule has 0 spiro atoms. The number of hydrogen-bond acceptors (Lipinski definition) is 0. The molecular formula is C5H4ClF3Zn. The first kappa shape index (κ1) is 8.80. The second-order valence-electron chi connectivity index (χ2n) is 2.54. The van der Waals surface area contributed by atoms with E-state index in [0.29, 0.717) is 18.8 Å². The molecule has 0 aromatic carbocycles. The molecule has 0 aliphatic heterocycles. The summed E-state index contributed by atoms with van der Waals surface area (Å²) in [6.45, 7) is 0. The molecular weight excluding hydrogens is 218 g/mol. The fraction of sp³-hybridized carbons (Fsp3) is 0.800. The van der Waals surface area contributed by atoms with Crippen LogP contribution in [0.25, 0.3) is 0 Å². The van der Waals surface area contributed by atoms with Crippen molar-refractivity contribution in [1.82, 2.24) is 0 Å². The van der Waals surface area contributed by atoms with Gasteiger partial charge in [-0.3, -0.25) is 0 Å². The van der Waals surface area contributed by atoms with Crippen LogP contribution >= 0.6 is 9.69 Å². The molecule has 2 aliphatic rings. The van der Waals surface area contributed by atoms with Crippen LogP contribution in [-0.4, -0.2) is 6.18 Å². The van der Waals surface area contributed by atoms with E-state index in [1.165, 1.54) is 0 Å². The zero-order valence-electron chi connectivity index (χ0n) is 5.13. The number of alkyl halides is 3. The van der Waals surface area contributed by atoms with Crippen LogP contribution in [0.1, 0.15) is 12.8 Å². The first-order chi connectivity index (χ1) is 4.56. The van der Waals surface area contributed by atoms with Gasteiger partial charge in [0.05, 0.1) is 0 Å². The molecule has 5 heteroatoms. The van der Waals surface area contributed by atoms with E-state index < -0.39 is 11.6 Å². The van der Waals surface area contributed by atoms with Crippen LogP contribution in [0.3, 0.4) is 0 Å². The van der Waals surface area contributed by atoms with Crippen LogP contribution in [0, 0.1) is 11.3 Å². The SMILES string of the molecule is FC(F)(F)C12C[C-]1C2.[Cl][Zn+]. The van der Waals surface area contributed by atoms with Crippen molar-refractivity contribution in [2.75, 3.05) is 0 Å². The first-order valence-electron chi connectivity index (χ1n) is 2.75. The van der Waals surface area contributed by atoms with Crippen molar-refractivity contribution in [2.45, 2.75) is 19.0 Å². The molecule has 0 amide bonds. The van der Waals surface area contributed by atoms with Gasteiger partial charge in [-0.15, -0.1) is 5.41 Å². The summed E-state index contributed by atoms with van der Waals surface area (Å²) in [6, 6.07) is 0. The Labute approximate surface area is 70.8 Å². The normalized spacial score (nSPS) is 26.2. The van der Waals surface area contributed by atoms with E-state index in [-0.39, 0.29) is 0 Å². The van der Waals surface area contributed by atoms with Crippen molar-refractivity contribution in [3.8, 4) is 0 Å². The maximum atomic E-state index is 11.6. The predicted octanol–water partition coefficient (Wildman–Crippen LogP) is 2.60. The number of fused-ring (bicyclic) bond motifs is 1. The van der Waals surface area contributed by atoms with Gasteiger partial charge in [-0.2, -0.15) is 26.0 Å². The van der Waals surface area contributed by atoms with Crippen molar-refractivity contribution in [1.29, 1.82) is 0 Å². The van der Waals surface area contributed by atoms with Gasteiger partial charge in [0.1, 0.15) is 0 Å². The average molecular weight is 222 g/mol. The van der Waals surface area contributed by atoms with Gasteiger partial charge < -0.3 is 5.92 Å². The van der Waals surface area contributed by atoms with Gasteiger partial charge >= 0.3 is 33.2 Å². The van der Waals surface area contributed by atoms with Crippen LogP contribution in [0.2, 0.25) is 0 Å². The summed E-state index contributed by atoms with van der Waals surface area (Å²) in [5.74, 6) is 0.713. The third-order valence-corrected chi connectivity index (χ3v) is 2.00. The molecule has 10 heavy (non-hydrogen) atoms. The molecule has 0 heterocycles. The topological polar surface area (TPSA) is 0 Å². The first-order valence-corrected chi connectivity index (χ1v) is 6.65. The van der Waals surface area contributed by atoms with Crippen LogP contribution in [0.5, 0.6) is 0 Å². The maximum absolute atomic E-state index is 11.6. The van der Waals surface area contributed by atoms with E-state index >= 15 is 0 Å². The third kappa shape index (κ3) is 1.10. The van der Waals surface area contributed by atoms with Crippen LogP contribution in [0.4, 0.5) is 13.2 Å². The standard InChI is InChI=1S/C5H4F3.ClH.Zn/c6-5(7,8)4-1-3(4)2-4;;/h1-2H2;1H;/q-1;;+2/p-1. The van der Waals surface area contributed by atoms with Gasteiger partial charge in [0.15, 0.2) is 0 Å². The van der Waals surface area contributed by atoms with E-state index in [9.17, 15) is 13.2 Å². The quantitative estimate of drug-likeness (QED) is 0.436. The predicted molar refractivity (Wildman–Crippen MR) is 26.8 cm³/mol. The summed E-state index contributed by atoms with van der Waals surface area (Å²) in [5.41, 5.74) is -1.23. The molecule has 2 saturated carbocycles. The molecule has 2 rings (SSSR count). The molecule has 0 aromatic rings. The van der Waals surface area contributed by atoms with Crippen LogP contribution in [0.15, 0.2) is 0 Å². The molecule has 0 N–H and O–H groups in total. The minimum atomic E-state index is -3.91. The Balaban J connectivity index is 0.000000231. The monoisotopic (exact) mass is 220 g/mol. The number of halogens is 4. The molecule has 0 radical (unpaired) electrons. The molecule has 0 atom stereocenters. The molecule has 54 valence electrons. The Morgan fingerprint density at radius 3 is 1.60 bits per heavy atom. The van der Waals surface area contributed by atoms with Crippen LogP contribution < -0.4 is 0 Å². The summed E-state index contributed by atoms with van der Waals surface area (Å²) in [4.78, 5) is 0. The van der Waals surface area contributed by atoms with Gasteiger partial charge in [-0.25, -0.2) is 0 Å². The Morgan fingerprint density at radius 1 is 1.30 bits per heavy atom. The average Bonchev–Trinajstić information content (AvgIpc) is 2.47. The van der Waals surface area contributed by atoms with Gasteiger partial charge in [0.2, 0.25) is 0 Å². The molecule has 0 bridgehead atoms. The second-order valence-corrected chi connectivity index (χ2v) is 2.54. The summed E-state index contributed by atoms with van der Waals surface area (Å²) in [7, 11) is 4.76. The summed E-state index contributed by atoms with van der Waals surface area (Å²) < 4.78 is 34.9. The third-order valence-electron chi connectivity index (χ3n) is 2.00. The zero-order chi connectivity index (χ0) is 7.99. The zero-order valence-corrected chi connectivity index (χ0v) is 8.86. The Morgan fingerprint density at radius 2 is 1.60 bits per heavy atom. The molecule has 0 saturated heterocycles. The van der Waals surface area contributed by atoms with E-state index in [2.05, 4.69) is 0 Å². The van der Waals surface area contributed by atoms with Crippen molar-refractivity contribution in [3.63, 3.8) is 0 Å². The van der Waals surface area contributed by atoms with E-state index in [1.54, 1.807) is 0 Å². The van der Waals surface area contributed by atoms with Crippen molar-refractivity contribution in [3.05, 3.63) is 5.92 Å². The number of hydrogen-bond donors (Lipinski definition) is 0. The summed E-state index contributed by atoms with van der Waals surface area (Å²) in [6.07, 6.45) is -3.25. The number of rotatable bonds is 0. The van der Waals surface area contributed by atoms with E-state index in [1.807, 2.05) is 0 Å². The van der Waals surface area contributed by atoms with Gasteiger partial charge in [0, 0.05) is 0 Å². The van der Waals surface area contributed by atoms with Gasteiger partial charge in [0.25, 0.3) is 0 Å². The summed E-state index contributed by atoms with van der Waals surface area (Å²) in [5, 5.41) is 0. The van der Waals surface area contributed by atoms with Crippen molar-refractivity contribution < 1.29 is 30.5 Å². The Bertz CT molecular complexity index is 138.